The van der Waals surface area contributed by atoms with Crippen molar-refractivity contribution in [3.63, 3.8) is 0 Å². The first-order valence-corrected chi connectivity index (χ1v) is 7.08. The van der Waals surface area contributed by atoms with Gasteiger partial charge in [-0.2, -0.15) is 13.2 Å². The van der Waals surface area contributed by atoms with Crippen molar-refractivity contribution in [2.45, 2.75) is 26.1 Å². The molecule has 0 radical (unpaired) electrons. The fraction of sp³-hybridized carbons (Fsp3) is 0.667. The van der Waals surface area contributed by atoms with Gasteiger partial charge in [-0.25, -0.2) is 4.98 Å². The van der Waals surface area contributed by atoms with Crippen LogP contribution in [-0.4, -0.2) is 42.1 Å². The van der Waals surface area contributed by atoms with Crippen LogP contribution >= 0.6 is 11.3 Å². The van der Waals surface area contributed by atoms with Crippen molar-refractivity contribution < 1.29 is 18.0 Å². The summed E-state index contributed by atoms with van der Waals surface area (Å²) < 4.78 is 39.9. The van der Waals surface area contributed by atoms with Crippen molar-refractivity contribution in [2.24, 2.45) is 5.41 Å². The molecule has 8 heteroatoms. The number of nitrogens with one attached hydrogen (secondary N) is 1. The molecule has 0 bridgehead atoms. The summed E-state index contributed by atoms with van der Waals surface area (Å²) >= 11 is 1.34. The summed E-state index contributed by atoms with van der Waals surface area (Å²) in [4.78, 5) is 18.3. The van der Waals surface area contributed by atoms with Crippen LogP contribution in [0.5, 0.6) is 0 Å². The molecule has 112 valence electrons. The van der Waals surface area contributed by atoms with E-state index in [2.05, 4.69) is 10.3 Å². The zero-order valence-corrected chi connectivity index (χ0v) is 12.1. The highest BCUT2D eigenvalue weighted by atomic mass is 32.1. The molecule has 0 aromatic carbocycles. The lowest BCUT2D eigenvalue weighted by Crippen LogP contribution is -2.52. The van der Waals surface area contributed by atoms with Crippen molar-refractivity contribution >= 4 is 17.2 Å². The minimum absolute atomic E-state index is 0.160. The van der Waals surface area contributed by atoms with Gasteiger partial charge in [-0.15, -0.1) is 11.3 Å². The average Bonchev–Trinajstić information content (AvgIpc) is 2.98. The van der Waals surface area contributed by atoms with E-state index in [4.69, 9.17) is 0 Å². The number of alkyl halides is 3. The fourth-order valence-electron chi connectivity index (χ4n) is 2.37. The Labute approximate surface area is 119 Å². The molecule has 0 spiro atoms. The van der Waals surface area contributed by atoms with Gasteiger partial charge in [0.2, 0.25) is 5.91 Å². The lowest BCUT2D eigenvalue weighted by Gasteiger charge is -2.33. The number of nitrogens with zero attached hydrogens (tertiary/aromatic N) is 2. The molecule has 1 amide bonds. The summed E-state index contributed by atoms with van der Waals surface area (Å²) in [5.74, 6) is -0.872. The number of aromatic nitrogens is 1. The zero-order chi connectivity index (χ0) is 15.0. The highest BCUT2D eigenvalue weighted by molar-refractivity contribution is 7.09. The Morgan fingerprint density at radius 2 is 2.30 bits per heavy atom. The Morgan fingerprint density at radius 3 is 2.75 bits per heavy atom. The molecule has 1 aliphatic heterocycles. The molecular weight excluding hydrogens is 291 g/mol. The van der Waals surface area contributed by atoms with Gasteiger partial charge >= 0.3 is 6.18 Å². The highest BCUT2D eigenvalue weighted by Gasteiger charge is 2.62. The average molecular weight is 307 g/mol. The van der Waals surface area contributed by atoms with Crippen molar-refractivity contribution in [1.82, 2.24) is 15.2 Å². The number of carbonyl (C=O) groups is 1. The van der Waals surface area contributed by atoms with E-state index >= 15 is 0 Å². The Bertz CT molecular complexity index is 494. The molecule has 1 N–H and O–H groups in total. The monoisotopic (exact) mass is 307 g/mol. The van der Waals surface area contributed by atoms with E-state index in [9.17, 15) is 18.0 Å². The molecule has 1 aromatic rings. The lowest BCUT2D eigenvalue weighted by molar-refractivity contribution is -0.221. The van der Waals surface area contributed by atoms with Gasteiger partial charge < -0.3 is 10.2 Å². The number of aryl methyl sites for hydroxylation is 1. The SMILES string of the molecule is Cc1ncsc1CN(C)C(=O)C1(C(F)(F)F)CCNC1. The van der Waals surface area contributed by atoms with Crippen molar-refractivity contribution in [2.75, 3.05) is 20.1 Å². The molecule has 1 aliphatic rings. The van der Waals surface area contributed by atoms with Crippen LogP contribution in [0.2, 0.25) is 0 Å². The van der Waals surface area contributed by atoms with Crippen molar-refractivity contribution in [1.29, 1.82) is 0 Å². The van der Waals surface area contributed by atoms with E-state index < -0.39 is 17.5 Å². The minimum Gasteiger partial charge on any atom is -0.340 e. The van der Waals surface area contributed by atoms with Crippen LogP contribution in [0.15, 0.2) is 5.51 Å². The van der Waals surface area contributed by atoms with E-state index in [1.54, 1.807) is 12.4 Å². The Morgan fingerprint density at radius 1 is 1.60 bits per heavy atom. The minimum atomic E-state index is -4.54. The summed E-state index contributed by atoms with van der Waals surface area (Å²) in [6, 6.07) is 0. The van der Waals surface area contributed by atoms with Gasteiger partial charge in [0.25, 0.3) is 0 Å². The molecule has 2 heterocycles. The largest absolute Gasteiger partial charge is 0.404 e. The van der Waals surface area contributed by atoms with E-state index in [1.807, 2.05) is 0 Å². The van der Waals surface area contributed by atoms with Gasteiger partial charge in [0.05, 0.1) is 17.7 Å². The lowest BCUT2D eigenvalue weighted by atomic mass is 9.84. The quantitative estimate of drug-likeness (QED) is 0.928. The fourth-order valence-corrected chi connectivity index (χ4v) is 3.20. The zero-order valence-electron chi connectivity index (χ0n) is 11.3. The van der Waals surface area contributed by atoms with Crippen LogP contribution in [0.25, 0.3) is 0 Å². The number of hydrogen-bond acceptors (Lipinski definition) is 4. The number of halogens is 3. The third-order valence-corrected chi connectivity index (χ3v) is 4.60. The molecule has 2 rings (SSSR count). The number of hydrogen-bond donors (Lipinski definition) is 1. The van der Waals surface area contributed by atoms with Gasteiger partial charge in [-0.05, 0) is 19.9 Å². The van der Waals surface area contributed by atoms with Gasteiger partial charge in [0.15, 0.2) is 5.41 Å². The molecule has 20 heavy (non-hydrogen) atoms. The number of rotatable bonds is 3. The number of thiazole rings is 1. The maximum absolute atomic E-state index is 13.3. The Kier molecular flexibility index (Phi) is 4.06. The summed E-state index contributed by atoms with van der Waals surface area (Å²) in [6.45, 7) is 1.80. The molecule has 1 fully saturated rings. The van der Waals surface area contributed by atoms with Crippen molar-refractivity contribution in [3.8, 4) is 0 Å². The summed E-state index contributed by atoms with van der Waals surface area (Å²) in [7, 11) is 1.41. The van der Waals surface area contributed by atoms with Crippen LogP contribution in [0.3, 0.4) is 0 Å². The van der Waals surface area contributed by atoms with Crippen LogP contribution in [0.4, 0.5) is 13.2 Å². The maximum atomic E-state index is 13.3. The predicted octanol–water partition coefficient (Wildman–Crippen LogP) is 1.95. The Hall–Kier alpha value is -1.15. The van der Waals surface area contributed by atoms with Crippen LogP contribution in [-0.2, 0) is 11.3 Å². The molecule has 1 saturated heterocycles. The third kappa shape index (κ3) is 2.54. The first kappa shape index (κ1) is 15.2. The smallest absolute Gasteiger partial charge is 0.340 e. The predicted molar refractivity (Wildman–Crippen MR) is 69.3 cm³/mol. The van der Waals surface area contributed by atoms with E-state index in [0.717, 1.165) is 15.5 Å². The van der Waals surface area contributed by atoms with Crippen LogP contribution in [0, 0.1) is 12.3 Å². The van der Waals surface area contributed by atoms with Gasteiger partial charge in [-0.3, -0.25) is 4.79 Å². The van der Waals surface area contributed by atoms with Crippen LogP contribution in [0.1, 0.15) is 17.0 Å². The Balaban J connectivity index is 2.18. The molecule has 4 nitrogen and oxygen atoms in total. The summed E-state index contributed by atoms with van der Waals surface area (Å²) in [5.41, 5.74) is 0.0835. The second-order valence-electron chi connectivity index (χ2n) is 5.03. The first-order chi connectivity index (χ1) is 9.28. The van der Waals surface area contributed by atoms with Crippen LogP contribution < -0.4 is 5.32 Å². The second kappa shape index (κ2) is 5.33. The second-order valence-corrected chi connectivity index (χ2v) is 5.97. The van der Waals surface area contributed by atoms with Gasteiger partial charge in [0.1, 0.15) is 0 Å². The third-order valence-electron chi connectivity index (χ3n) is 3.68. The number of amides is 1. The van der Waals surface area contributed by atoms with E-state index in [0.29, 0.717) is 0 Å². The molecule has 0 saturated carbocycles. The maximum Gasteiger partial charge on any atom is 0.404 e. The summed E-state index contributed by atoms with van der Waals surface area (Å²) in [6.07, 6.45) is -4.74. The van der Waals surface area contributed by atoms with E-state index in [-0.39, 0.29) is 26.1 Å². The molecular formula is C12H16F3N3OS. The normalized spacial score (nSPS) is 23.1. The topological polar surface area (TPSA) is 45.2 Å². The van der Waals surface area contributed by atoms with E-state index in [1.165, 1.54) is 18.4 Å². The van der Waals surface area contributed by atoms with Crippen molar-refractivity contribution in [3.05, 3.63) is 16.1 Å². The summed E-state index contributed by atoms with van der Waals surface area (Å²) in [5, 5.41) is 2.65. The molecule has 0 aliphatic carbocycles. The number of carbonyl (C=O) groups excluding carboxylic acids is 1. The molecule has 1 aromatic heterocycles. The van der Waals surface area contributed by atoms with Gasteiger partial charge in [0, 0.05) is 18.5 Å². The van der Waals surface area contributed by atoms with Gasteiger partial charge in [-0.1, -0.05) is 0 Å². The molecule has 1 unspecified atom stereocenters. The highest BCUT2D eigenvalue weighted by Crippen LogP contribution is 2.44. The molecule has 1 atom stereocenters. The first-order valence-electron chi connectivity index (χ1n) is 6.20. The standard InChI is InChI=1S/C12H16F3N3OS/c1-8-9(20-7-17-8)5-18(2)10(19)11(12(13,14)15)3-4-16-6-11/h7,16H,3-6H2,1-2H3.